The first-order valence-corrected chi connectivity index (χ1v) is 13.5. The maximum Gasteiger partial charge on any atom is 0.312 e. The topological polar surface area (TPSA) is 96.4 Å². The van der Waals surface area contributed by atoms with Crippen LogP contribution < -0.4 is 0 Å². The van der Waals surface area contributed by atoms with Gasteiger partial charge in [0.05, 0.1) is 31.3 Å². The fourth-order valence-corrected chi connectivity index (χ4v) is 6.32. The Labute approximate surface area is 217 Å². The number of rotatable bonds is 7. The first kappa shape index (κ1) is 25.7. The van der Waals surface area contributed by atoms with Crippen LogP contribution in [0.5, 0.6) is 0 Å². The molecule has 4 aliphatic heterocycles. The molecule has 0 aromatic heterocycles. The van der Waals surface area contributed by atoms with E-state index in [9.17, 15) is 19.5 Å². The van der Waals surface area contributed by atoms with E-state index in [1.165, 1.54) is 4.90 Å². The predicted molar refractivity (Wildman–Crippen MR) is 136 cm³/mol. The van der Waals surface area contributed by atoms with E-state index >= 15 is 0 Å². The van der Waals surface area contributed by atoms with Gasteiger partial charge in [0.15, 0.2) is 0 Å². The van der Waals surface area contributed by atoms with E-state index in [2.05, 4.69) is 6.92 Å². The molecule has 0 bridgehead atoms. The van der Waals surface area contributed by atoms with Gasteiger partial charge in [0, 0.05) is 13.1 Å². The lowest BCUT2D eigenvalue weighted by atomic mass is 9.78. The number of fused-ring (bicyclic) bond motifs is 2. The van der Waals surface area contributed by atoms with Crippen molar-refractivity contribution < 1.29 is 29.0 Å². The van der Waals surface area contributed by atoms with Gasteiger partial charge in [-0.25, -0.2) is 0 Å². The minimum absolute atomic E-state index is 0.204. The van der Waals surface area contributed by atoms with E-state index < -0.39 is 41.6 Å². The highest BCUT2D eigenvalue weighted by molar-refractivity contribution is 5.99. The van der Waals surface area contributed by atoms with Gasteiger partial charge in [-0.15, -0.1) is 0 Å². The Morgan fingerprint density at radius 1 is 1.14 bits per heavy atom. The molecule has 2 fully saturated rings. The Bertz CT molecular complexity index is 1070. The van der Waals surface area contributed by atoms with Gasteiger partial charge in [0.1, 0.15) is 17.6 Å². The maximum atomic E-state index is 14.3. The normalized spacial score (nSPS) is 33.0. The molecular weight excluding hydrogens is 472 g/mol. The lowest BCUT2D eigenvalue weighted by Gasteiger charge is -2.38. The third-order valence-electron chi connectivity index (χ3n) is 8.07. The molecule has 1 aromatic carbocycles. The SMILES string of the molecule is CCCCN1CC=C[C@]23O[C@@H]4/C=C\CCCOC(=O)[C@@H]4[C@H]2C(=O)N([C@@H](CO)Cc2ccccc2)C3C1=O. The summed E-state index contributed by atoms with van der Waals surface area (Å²) < 4.78 is 12.2. The second-order valence-electron chi connectivity index (χ2n) is 10.4. The highest BCUT2D eigenvalue weighted by Crippen LogP contribution is 2.53. The number of aliphatic hydroxyl groups is 1. The number of hydrogen-bond acceptors (Lipinski definition) is 6. The Kier molecular flexibility index (Phi) is 7.49. The lowest BCUT2D eigenvalue weighted by Crippen LogP contribution is -2.58. The number of carbonyl (C=O) groups is 3. The van der Waals surface area contributed by atoms with Crippen LogP contribution in [0.1, 0.15) is 38.2 Å². The number of carbonyl (C=O) groups excluding carboxylic acids is 3. The molecule has 198 valence electrons. The largest absolute Gasteiger partial charge is 0.465 e. The molecule has 4 heterocycles. The van der Waals surface area contributed by atoms with Crippen LogP contribution >= 0.6 is 0 Å². The summed E-state index contributed by atoms with van der Waals surface area (Å²) in [6.07, 6.45) is 10.5. The number of nitrogens with zero attached hydrogens (tertiary/aromatic N) is 2. The number of unbranched alkanes of at least 4 members (excludes halogenated alkanes) is 1. The summed E-state index contributed by atoms with van der Waals surface area (Å²) in [5.41, 5.74) is -0.361. The van der Waals surface area contributed by atoms with Gasteiger partial charge in [-0.05, 0) is 31.2 Å². The van der Waals surface area contributed by atoms with E-state index in [0.717, 1.165) is 24.8 Å². The number of hydrogen-bond donors (Lipinski definition) is 1. The minimum Gasteiger partial charge on any atom is -0.465 e. The average molecular weight is 509 g/mol. The summed E-state index contributed by atoms with van der Waals surface area (Å²) in [7, 11) is 0. The second-order valence-corrected chi connectivity index (χ2v) is 10.4. The standard InChI is InChI=1S/C29H36N2O6/c1-2-3-15-30-16-10-14-29-24(23-22(37-29)13-8-5-9-17-36-28(23)35)26(33)31(25(29)27(30)34)21(19-32)18-20-11-6-4-7-12-20/h4,6-8,10-14,21-25,32H,2-3,5,9,15-19H2,1H3/b13-8-/t21-,22-,23+,24+,25?,29+/m1/s1. The average Bonchev–Trinajstić information content (AvgIpc) is 3.32. The van der Waals surface area contributed by atoms with Crippen LogP contribution in [0, 0.1) is 11.8 Å². The van der Waals surface area contributed by atoms with Crippen molar-refractivity contribution in [2.75, 3.05) is 26.3 Å². The van der Waals surface area contributed by atoms with Crippen molar-refractivity contribution in [1.29, 1.82) is 0 Å². The summed E-state index contributed by atoms with van der Waals surface area (Å²) in [6.45, 7) is 3.01. The van der Waals surface area contributed by atoms with Gasteiger partial charge in [-0.2, -0.15) is 0 Å². The van der Waals surface area contributed by atoms with E-state index in [1.807, 2.05) is 54.6 Å². The molecule has 0 aliphatic carbocycles. The Balaban J connectivity index is 1.59. The molecule has 8 nitrogen and oxygen atoms in total. The van der Waals surface area contributed by atoms with Crippen molar-refractivity contribution in [2.24, 2.45) is 11.8 Å². The molecule has 1 spiro atoms. The minimum atomic E-state index is -1.31. The highest BCUT2D eigenvalue weighted by atomic mass is 16.6. The molecule has 1 unspecified atom stereocenters. The zero-order valence-corrected chi connectivity index (χ0v) is 21.3. The van der Waals surface area contributed by atoms with Gasteiger partial charge < -0.3 is 24.4 Å². The Morgan fingerprint density at radius 2 is 1.95 bits per heavy atom. The van der Waals surface area contributed by atoms with Crippen molar-refractivity contribution in [3.63, 3.8) is 0 Å². The number of allylic oxidation sites excluding steroid dienone is 1. The predicted octanol–water partition coefficient (Wildman–Crippen LogP) is 2.26. The summed E-state index contributed by atoms with van der Waals surface area (Å²) in [4.78, 5) is 45.1. The maximum absolute atomic E-state index is 14.3. The number of likely N-dealkylation sites (tertiary alicyclic amines) is 1. The Hall–Kier alpha value is -2.97. The summed E-state index contributed by atoms with van der Waals surface area (Å²) in [5.74, 6) is -2.78. The fraction of sp³-hybridized carbons (Fsp3) is 0.552. The van der Waals surface area contributed by atoms with Crippen LogP contribution in [0.25, 0.3) is 0 Å². The number of ether oxygens (including phenoxy) is 2. The molecule has 8 heteroatoms. The molecule has 1 aromatic rings. The second kappa shape index (κ2) is 10.8. The van der Waals surface area contributed by atoms with Crippen LogP contribution in [0.2, 0.25) is 0 Å². The van der Waals surface area contributed by atoms with Crippen LogP contribution in [0.3, 0.4) is 0 Å². The summed E-state index contributed by atoms with van der Waals surface area (Å²) >= 11 is 0. The molecular formula is C29H36N2O6. The van der Waals surface area contributed by atoms with Crippen LogP contribution in [-0.4, -0.2) is 82.8 Å². The van der Waals surface area contributed by atoms with E-state index in [0.29, 0.717) is 25.9 Å². The zero-order valence-electron chi connectivity index (χ0n) is 21.3. The molecule has 2 saturated heterocycles. The molecule has 0 radical (unpaired) electrons. The van der Waals surface area contributed by atoms with E-state index in [-0.39, 0.29) is 25.0 Å². The molecule has 2 amide bonds. The first-order valence-electron chi connectivity index (χ1n) is 13.5. The number of esters is 1. The number of cyclic esters (lactones) is 1. The molecule has 37 heavy (non-hydrogen) atoms. The Morgan fingerprint density at radius 3 is 2.70 bits per heavy atom. The number of aliphatic hydroxyl groups excluding tert-OH is 1. The summed E-state index contributed by atoms with van der Waals surface area (Å²) in [6, 6.07) is 7.99. The van der Waals surface area contributed by atoms with Crippen LogP contribution in [-0.2, 0) is 30.3 Å². The molecule has 4 aliphatic rings. The van der Waals surface area contributed by atoms with E-state index in [4.69, 9.17) is 9.47 Å². The molecule has 0 saturated carbocycles. The number of benzene rings is 1. The number of amides is 2. The van der Waals surface area contributed by atoms with E-state index in [1.54, 1.807) is 4.90 Å². The molecule has 1 N–H and O–H groups in total. The fourth-order valence-electron chi connectivity index (χ4n) is 6.32. The third-order valence-corrected chi connectivity index (χ3v) is 8.07. The molecule has 5 rings (SSSR count). The highest BCUT2D eigenvalue weighted by Gasteiger charge is 2.72. The van der Waals surface area contributed by atoms with Gasteiger partial charge in [0.2, 0.25) is 11.8 Å². The van der Waals surface area contributed by atoms with Crippen molar-refractivity contribution in [2.45, 2.75) is 62.8 Å². The quantitative estimate of drug-likeness (QED) is 0.448. The van der Waals surface area contributed by atoms with Crippen molar-refractivity contribution in [1.82, 2.24) is 9.80 Å². The van der Waals surface area contributed by atoms with Gasteiger partial charge in [0.25, 0.3) is 0 Å². The third kappa shape index (κ3) is 4.50. The van der Waals surface area contributed by atoms with Crippen LogP contribution in [0.4, 0.5) is 0 Å². The smallest absolute Gasteiger partial charge is 0.312 e. The monoisotopic (exact) mass is 508 g/mol. The first-order chi connectivity index (χ1) is 18.0. The van der Waals surface area contributed by atoms with Gasteiger partial charge in [-0.3, -0.25) is 14.4 Å². The summed E-state index contributed by atoms with van der Waals surface area (Å²) in [5, 5.41) is 10.5. The molecule has 6 atom stereocenters. The van der Waals surface area contributed by atoms with Gasteiger partial charge in [-0.1, -0.05) is 68.0 Å². The van der Waals surface area contributed by atoms with Crippen molar-refractivity contribution >= 4 is 17.8 Å². The van der Waals surface area contributed by atoms with Crippen LogP contribution in [0.15, 0.2) is 54.6 Å². The van der Waals surface area contributed by atoms with Crippen molar-refractivity contribution in [3.05, 3.63) is 60.2 Å². The van der Waals surface area contributed by atoms with Gasteiger partial charge >= 0.3 is 5.97 Å². The van der Waals surface area contributed by atoms with Crippen molar-refractivity contribution in [3.8, 4) is 0 Å². The lowest BCUT2D eigenvalue weighted by molar-refractivity contribution is -0.156. The zero-order chi connectivity index (χ0) is 26.0.